The lowest BCUT2D eigenvalue weighted by Crippen LogP contribution is -2.55. The Morgan fingerprint density at radius 3 is 2.77 bits per heavy atom. The number of halogens is 1. The number of benzene rings is 2. The molecule has 0 bridgehead atoms. The third-order valence-corrected chi connectivity index (χ3v) is 6.43. The number of fused-ring (bicyclic) bond motifs is 2. The van der Waals surface area contributed by atoms with Gasteiger partial charge in [0.1, 0.15) is 17.2 Å². The summed E-state index contributed by atoms with van der Waals surface area (Å²) >= 11 is 0. The van der Waals surface area contributed by atoms with Crippen molar-refractivity contribution in [3.8, 4) is 16.9 Å². The Morgan fingerprint density at radius 1 is 1.23 bits per heavy atom. The number of amides is 1. The molecular weight excluding hydrogens is 385 g/mol. The normalized spacial score (nSPS) is 27.9. The maximum Gasteiger partial charge on any atom is 0.261 e. The van der Waals surface area contributed by atoms with Crippen LogP contribution in [0.3, 0.4) is 0 Å². The minimum absolute atomic E-state index is 0.178. The van der Waals surface area contributed by atoms with E-state index in [1.807, 2.05) is 25.1 Å². The SMILES string of the molecule is Cc1ccc(F)cc1-c1ccc2c(c1)C1(CC3(CCCOC3)O2)N=C(N)N(C)C1=O. The molecule has 3 heterocycles. The van der Waals surface area contributed by atoms with E-state index in [1.54, 1.807) is 13.1 Å². The summed E-state index contributed by atoms with van der Waals surface area (Å²) in [7, 11) is 1.63. The number of hydrogen-bond donors (Lipinski definition) is 1. The number of likely N-dealkylation sites (N-methyl/N-ethyl adjacent to an activating group) is 1. The fourth-order valence-corrected chi connectivity index (χ4v) is 4.88. The molecule has 3 aliphatic rings. The number of ether oxygens (including phenoxy) is 2. The molecular formula is C23H24FN3O3. The van der Waals surface area contributed by atoms with Crippen LogP contribution in [0.15, 0.2) is 41.4 Å². The zero-order valence-electron chi connectivity index (χ0n) is 17.1. The Labute approximate surface area is 174 Å². The summed E-state index contributed by atoms with van der Waals surface area (Å²) < 4.78 is 26.1. The molecule has 0 radical (unpaired) electrons. The Kier molecular flexibility index (Phi) is 4.15. The van der Waals surface area contributed by atoms with Crippen molar-refractivity contribution in [2.45, 2.75) is 37.3 Å². The highest BCUT2D eigenvalue weighted by Gasteiger charge is 2.58. The average Bonchev–Trinajstić information content (AvgIpc) is 2.94. The van der Waals surface area contributed by atoms with Crippen LogP contribution in [0.5, 0.6) is 5.75 Å². The first-order valence-corrected chi connectivity index (χ1v) is 10.1. The van der Waals surface area contributed by atoms with Gasteiger partial charge in [0.2, 0.25) is 0 Å². The number of rotatable bonds is 1. The van der Waals surface area contributed by atoms with Crippen LogP contribution < -0.4 is 10.5 Å². The van der Waals surface area contributed by atoms with Crippen molar-refractivity contribution >= 4 is 11.9 Å². The van der Waals surface area contributed by atoms with Crippen molar-refractivity contribution in [2.75, 3.05) is 20.3 Å². The van der Waals surface area contributed by atoms with E-state index in [4.69, 9.17) is 15.2 Å². The predicted molar refractivity (Wildman–Crippen MR) is 111 cm³/mol. The Morgan fingerprint density at radius 2 is 2.07 bits per heavy atom. The van der Waals surface area contributed by atoms with Gasteiger partial charge in [-0.15, -0.1) is 0 Å². The van der Waals surface area contributed by atoms with Crippen molar-refractivity contribution in [2.24, 2.45) is 10.7 Å². The van der Waals surface area contributed by atoms with E-state index in [0.29, 0.717) is 30.9 Å². The maximum absolute atomic E-state index is 13.9. The number of nitrogens with zero attached hydrogens (tertiary/aromatic N) is 2. The second-order valence-corrected chi connectivity index (χ2v) is 8.48. The van der Waals surface area contributed by atoms with Crippen LogP contribution >= 0.6 is 0 Å². The molecule has 1 amide bonds. The summed E-state index contributed by atoms with van der Waals surface area (Å²) in [6.07, 6.45) is 2.00. The lowest BCUT2D eigenvalue weighted by molar-refractivity contribution is -0.139. The fourth-order valence-electron chi connectivity index (χ4n) is 4.88. The quantitative estimate of drug-likeness (QED) is 0.785. The maximum atomic E-state index is 13.9. The molecule has 2 aromatic carbocycles. The number of aryl methyl sites for hydroxylation is 1. The van der Waals surface area contributed by atoms with Gasteiger partial charge in [0.05, 0.1) is 6.61 Å². The van der Waals surface area contributed by atoms with Gasteiger partial charge in [-0.25, -0.2) is 9.38 Å². The van der Waals surface area contributed by atoms with E-state index >= 15 is 0 Å². The van der Waals surface area contributed by atoms with Crippen LogP contribution in [-0.4, -0.2) is 42.6 Å². The molecule has 1 saturated heterocycles. The summed E-state index contributed by atoms with van der Waals surface area (Å²) in [5.41, 5.74) is 7.48. The number of guanidine groups is 1. The van der Waals surface area contributed by atoms with E-state index in [2.05, 4.69) is 4.99 Å². The minimum Gasteiger partial charge on any atom is -0.484 e. The molecule has 30 heavy (non-hydrogen) atoms. The second-order valence-electron chi connectivity index (χ2n) is 8.48. The van der Waals surface area contributed by atoms with Gasteiger partial charge < -0.3 is 15.2 Å². The molecule has 3 aliphatic heterocycles. The molecule has 0 aromatic heterocycles. The zero-order chi connectivity index (χ0) is 21.1. The van der Waals surface area contributed by atoms with Crippen molar-refractivity contribution in [3.05, 3.63) is 53.3 Å². The highest BCUT2D eigenvalue weighted by molar-refractivity contribution is 6.07. The molecule has 7 heteroatoms. The summed E-state index contributed by atoms with van der Waals surface area (Å²) in [5.74, 6) is 0.302. The Bertz CT molecular complexity index is 1080. The lowest BCUT2D eigenvalue weighted by Gasteiger charge is -2.46. The minimum atomic E-state index is -1.16. The first-order valence-electron chi connectivity index (χ1n) is 10.1. The van der Waals surface area contributed by atoms with Gasteiger partial charge in [0.25, 0.3) is 5.91 Å². The van der Waals surface area contributed by atoms with Gasteiger partial charge in [-0.2, -0.15) is 0 Å². The monoisotopic (exact) mass is 409 g/mol. The van der Waals surface area contributed by atoms with Crippen LogP contribution in [0.4, 0.5) is 4.39 Å². The first-order chi connectivity index (χ1) is 14.3. The largest absolute Gasteiger partial charge is 0.484 e. The molecule has 0 aliphatic carbocycles. The number of carbonyl (C=O) groups excluding carboxylic acids is 1. The topological polar surface area (TPSA) is 77.2 Å². The predicted octanol–water partition coefficient (Wildman–Crippen LogP) is 3.11. The molecule has 2 spiro atoms. The molecule has 5 rings (SSSR count). The van der Waals surface area contributed by atoms with Crippen molar-refractivity contribution in [1.82, 2.24) is 4.90 Å². The van der Waals surface area contributed by atoms with Crippen molar-refractivity contribution < 1.29 is 18.7 Å². The molecule has 1 fully saturated rings. The highest BCUT2D eigenvalue weighted by Crippen LogP contribution is 2.51. The summed E-state index contributed by atoms with van der Waals surface area (Å²) in [6.45, 7) is 3.02. The number of carbonyl (C=O) groups is 1. The van der Waals surface area contributed by atoms with E-state index in [0.717, 1.165) is 29.5 Å². The zero-order valence-corrected chi connectivity index (χ0v) is 17.1. The van der Waals surface area contributed by atoms with Crippen LogP contribution in [0.1, 0.15) is 30.4 Å². The van der Waals surface area contributed by atoms with E-state index in [-0.39, 0.29) is 17.7 Å². The van der Waals surface area contributed by atoms with E-state index in [9.17, 15) is 9.18 Å². The number of aliphatic imine (C=N–C) groups is 1. The van der Waals surface area contributed by atoms with Gasteiger partial charge in [-0.05, 0) is 60.7 Å². The van der Waals surface area contributed by atoms with Gasteiger partial charge in [0.15, 0.2) is 11.5 Å². The number of nitrogens with two attached hydrogens (primary N) is 1. The Hall–Kier alpha value is -2.93. The smallest absolute Gasteiger partial charge is 0.261 e. The highest BCUT2D eigenvalue weighted by atomic mass is 19.1. The van der Waals surface area contributed by atoms with E-state index in [1.165, 1.54) is 17.0 Å². The standard InChI is InChI=1S/C23H24FN3O3/c1-14-4-6-16(24)11-17(14)15-5-7-19-18(10-15)23(20(28)27(2)21(25)26-23)12-22(30-19)8-3-9-29-13-22/h4-7,10-11H,3,8-9,12-13H2,1-2H3,(H2,25,26). The number of hydrogen-bond acceptors (Lipinski definition) is 5. The van der Waals surface area contributed by atoms with Crippen LogP contribution in [0.2, 0.25) is 0 Å². The van der Waals surface area contributed by atoms with Gasteiger partial charge in [-0.3, -0.25) is 9.69 Å². The van der Waals surface area contributed by atoms with Gasteiger partial charge >= 0.3 is 0 Å². The third-order valence-electron chi connectivity index (χ3n) is 6.43. The first kappa shape index (κ1) is 19.1. The Balaban J connectivity index is 1.70. The molecule has 2 N–H and O–H groups in total. The van der Waals surface area contributed by atoms with Crippen LogP contribution in [-0.2, 0) is 15.1 Å². The molecule has 0 saturated carbocycles. The average molecular weight is 409 g/mol. The summed E-state index contributed by atoms with van der Waals surface area (Å²) in [5, 5.41) is 0. The van der Waals surface area contributed by atoms with Crippen LogP contribution in [0.25, 0.3) is 11.1 Å². The molecule has 2 unspecified atom stereocenters. The summed E-state index contributed by atoms with van der Waals surface area (Å²) in [6, 6.07) is 10.3. The summed E-state index contributed by atoms with van der Waals surface area (Å²) in [4.78, 5) is 19.5. The molecule has 6 nitrogen and oxygen atoms in total. The molecule has 2 atom stereocenters. The third kappa shape index (κ3) is 2.72. The van der Waals surface area contributed by atoms with Gasteiger partial charge in [-0.1, -0.05) is 12.1 Å². The molecule has 156 valence electrons. The van der Waals surface area contributed by atoms with Gasteiger partial charge in [0, 0.05) is 25.6 Å². The fraction of sp³-hybridized carbons (Fsp3) is 0.391. The molecule has 2 aromatic rings. The second kappa shape index (κ2) is 6.54. The van der Waals surface area contributed by atoms with Crippen molar-refractivity contribution in [1.29, 1.82) is 0 Å². The van der Waals surface area contributed by atoms with Crippen LogP contribution in [0, 0.1) is 12.7 Å². The van der Waals surface area contributed by atoms with Crippen molar-refractivity contribution in [3.63, 3.8) is 0 Å². The lowest BCUT2D eigenvalue weighted by atomic mass is 9.73. The van der Waals surface area contributed by atoms with E-state index < -0.39 is 11.1 Å².